The van der Waals surface area contributed by atoms with Crippen molar-refractivity contribution < 1.29 is 18.8 Å². The number of likely N-dealkylation sites (tertiary alicyclic amines) is 1. The van der Waals surface area contributed by atoms with Gasteiger partial charge in [-0.1, -0.05) is 65.0 Å². The van der Waals surface area contributed by atoms with Crippen molar-refractivity contribution >= 4 is 20.2 Å². The van der Waals surface area contributed by atoms with Gasteiger partial charge >= 0.3 is 5.97 Å². The molecule has 1 saturated heterocycles. The monoisotopic (exact) mass is 532 g/mol. The highest BCUT2D eigenvalue weighted by Crippen LogP contribution is 2.40. The van der Waals surface area contributed by atoms with Crippen molar-refractivity contribution in [1.29, 1.82) is 0 Å². The van der Waals surface area contributed by atoms with Gasteiger partial charge in [0.1, 0.15) is 11.6 Å². The molecule has 1 N–H and O–H groups in total. The Kier molecular flexibility index (Phi) is 10.6. The first kappa shape index (κ1) is 31.5. The average molecular weight is 533 g/mol. The van der Waals surface area contributed by atoms with Crippen molar-refractivity contribution in [2.45, 2.75) is 124 Å². The van der Waals surface area contributed by atoms with Gasteiger partial charge < -0.3 is 14.5 Å². The van der Waals surface area contributed by atoms with Gasteiger partial charge in [-0.2, -0.15) is 0 Å². The van der Waals surface area contributed by atoms with Gasteiger partial charge in [-0.15, -0.1) is 0 Å². The minimum atomic E-state index is -2.01. The first-order valence-electron chi connectivity index (χ1n) is 13.8. The quantitative estimate of drug-likeness (QED) is 0.289. The van der Waals surface area contributed by atoms with Crippen LogP contribution in [0.2, 0.25) is 18.1 Å². The zero-order valence-corrected chi connectivity index (χ0v) is 26.2. The van der Waals surface area contributed by atoms with Crippen LogP contribution >= 0.6 is 0 Å². The van der Waals surface area contributed by atoms with Crippen LogP contribution in [0.4, 0.5) is 0 Å². The number of carbonyl (C=O) groups excluding carboxylic acids is 2. The molecular formula is C30H52N2O4Si. The van der Waals surface area contributed by atoms with Gasteiger partial charge in [-0.05, 0) is 63.2 Å². The lowest BCUT2D eigenvalue weighted by Crippen LogP contribution is -2.55. The Morgan fingerprint density at radius 2 is 1.68 bits per heavy atom. The minimum Gasteiger partial charge on any atom is -0.459 e. The molecule has 1 aliphatic rings. The van der Waals surface area contributed by atoms with Crippen LogP contribution in [-0.4, -0.2) is 55.4 Å². The smallest absolute Gasteiger partial charge is 0.323 e. The van der Waals surface area contributed by atoms with Crippen LogP contribution in [-0.2, 0) is 25.3 Å². The van der Waals surface area contributed by atoms with E-state index in [1.54, 1.807) is 6.92 Å². The number of rotatable bonds is 10. The van der Waals surface area contributed by atoms with Crippen molar-refractivity contribution in [3.05, 3.63) is 35.9 Å². The van der Waals surface area contributed by atoms with Gasteiger partial charge in [0.2, 0.25) is 5.91 Å². The number of nitrogens with one attached hydrogen (secondary N) is 1. The summed E-state index contributed by atoms with van der Waals surface area (Å²) in [5, 5.41) is 3.34. The lowest BCUT2D eigenvalue weighted by molar-refractivity contribution is -0.161. The second-order valence-corrected chi connectivity index (χ2v) is 18.5. The van der Waals surface area contributed by atoms with E-state index in [0.717, 1.165) is 12.0 Å². The van der Waals surface area contributed by atoms with E-state index in [-0.39, 0.29) is 34.9 Å². The number of carbonyl (C=O) groups is 2. The molecule has 0 aromatic heterocycles. The molecule has 1 heterocycles. The second-order valence-electron chi connectivity index (χ2n) is 13.7. The Balaban J connectivity index is 2.53. The molecule has 37 heavy (non-hydrogen) atoms. The number of ether oxygens (including phenoxy) is 1. The number of amides is 1. The molecule has 0 unspecified atom stereocenters. The summed E-state index contributed by atoms with van der Waals surface area (Å²) in [7, 11) is -2.01. The maximum atomic E-state index is 13.6. The van der Waals surface area contributed by atoms with Crippen molar-refractivity contribution in [3.8, 4) is 0 Å². The van der Waals surface area contributed by atoms with Crippen LogP contribution in [0.5, 0.6) is 0 Å². The van der Waals surface area contributed by atoms with Gasteiger partial charge in [-0.3, -0.25) is 14.5 Å². The maximum Gasteiger partial charge on any atom is 0.323 e. The van der Waals surface area contributed by atoms with E-state index in [0.29, 0.717) is 25.5 Å². The molecule has 1 amide bonds. The van der Waals surface area contributed by atoms with E-state index < -0.39 is 20.0 Å². The first-order valence-corrected chi connectivity index (χ1v) is 16.8. The summed E-state index contributed by atoms with van der Waals surface area (Å²) in [6.07, 6.45) is 1.47. The Hall–Kier alpha value is -1.70. The molecule has 0 aliphatic carbocycles. The van der Waals surface area contributed by atoms with E-state index in [2.05, 4.69) is 70.1 Å². The fourth-order valence-corrected chi connectivity index (χ4v) is 6.03. The van der Waals surface area contributed by atoms with Crippen molar-refractivity contribution in [1.82, 2.24) is 10.2 Å². The molecule has 6 nitrogen and oxygen atoms in total. The molecule has 7 heteroatoms. The SMILES string of the molecule is CC(=O)N[C@@H](CC(C)C)[C@H]1[C@H](CO[Si](C)(C)C(C)(C)C)C[C@H](C(=O)OC(C)(C)C)N1Cc1ccccc1. The van der Waals surface area contributed by atoms with Gasteiger partial charge in [0.15, 0.2) is 8.32 Å². The van der Waals surface area contributed by atoms with Crippen LogP contribution < -0.4 is 5.32 Å². The van der Waals surface area contributed by atoms with Crippen LogP contribution in [0.15, 0.2) is 30.3 Å². The number of benzene rings is 1. The number of nitrogens with zero attached hydrogens (tertiary/aromatic N) is 1. The summed E-state index contributed by atoms with van der Waals surface area (Å²) in [5.41, 5.74) is 0.563. The fraction of sp³-hybridized carbons (Fsp3) is 0.733. The van der Waals surface area contributed by atoms with Gasteiger partial charge in [-0.25, -0.2) is 0 Å². The molecular weight excluding hydrogens is 480 g/mol. The fourth-order valence-electron chi connectivity index (χ4n) is 4.96. The molecule has 0 radical (unpaired) electrons. The van der Waals surface area contributed by atoms with Crippen molar-refractivity contribution in [3.63, 3.8) is 0 Å². The van der Waals surface area contributed by atoms with Gasteiger partial charge in [0.25, 0.3) is 0 Å². The van der Waals surface area contributed by atoms with E-state index in [1.807, 2.05) is 39.0 Å². The van der Waals surface area contributed by atoms with E-state index >= 15 is 0 Å². The normalized spacial score (nSPS) is 22.2. The van der Waals surface area contributed by atoms with Crippen molar-refractivity contribution in [2.75, 3.05) is 6.61 Å². The average Bonchev–Trinajstić information content (AvgIpc) is 3.08. The van der Waals surface area contributed by atoms with Crippen LogP contribution in [0.1, 0.15) is 80.7 Å². The molecule has 4 atom stereocenters. The summed E-state index contributed by atoms with van der Waals surface area (Å²) < 4.78 is 12.7. The zero-order valence-electron chi connectivity index (χ0n) is 25.2. The topological polar surface area (TPSA) is 67.9 Å². The van der Waals surface area contributed by atoms with Crippen LogP contribution in [0.25, 0.3) is 0 Å². The molecule has 210 valence electrons. The molecule has 1 aromatic carbocycles. The lowest BCUT2D eigenvalue weighted by Gasteiger charge is -2.40. The highest BCUT2D eigenvalue weighted by molar-refractivity contribution is 6.74. The summed E-state index contributed by atoms with van der Waals surface area (Å²) >= 11 is 0. The minimum absolute atomic E-state index is 0.0462. The lowest BCUT2D eigenvalue weighted by atomic mass is 9.88. The molecule has 1 aliphatic heterocycles. The summed E-state index contributed by atoms with van der Waals surface area (Å²) in [6.45, 7) is 24.1. The molecule has 2 rings (SSSR count). The van der Waals surface area contributed by atoms with E-state index in [9.17, 15) is 9.59 Å². The third-order valence-corrected chi connectivity index (χ3v) is 12.2. The predicted octanol–water partition coefficient (Wildman–Crippen LogP) is 6.16. The Bertz CT molecular complexity index is 889. The molecule has 1 aromatic rings. The molecule has 0 spiro atoms. The standard InChI is InChI=1S/C30H52N2O4Si/c1-21(2)17-25(31-22(3)33)27-24(20-35-37(10,11)30(7,8)9)18-26(28(34)36-29(4,5)6)32(27)19-23-15-13-12-14-16-23/h12-16,21,24-27H,17-20H2,1-11H3,(H,31,33)/t24-,25-,26+,27+/m0/s1. The highest BCUT2D eigenvalue weighted by atomic mass is 28.4. The number of hydrogen-bond donors (Lipinski definition) is 1. The van der Waals surface area contributed by atoms with Gasteiger partial charge in [0.05, 0.1) is 0 Å². The number of hydrogen-bond acceptors (Lipinski definition) is 5. The largest absolute Gasteiger partial charge is 0.459 e. The Morgan fingerprint density at radius 3 is 2.16 bits per heavy atom. The predicted molar refractivity (Wildman–Crippen MR) is 154 cm³/mol. The second kappa shape index (κ2) is 12.4. The maximum absolute atomic E-state index is 13.6. The van der Waals surface area contributed by atoms with Crippen molar-refractivity contribution in [2.24, 2.45) is 11.8 Å². The summed E-state index contributed by atoms with van der Waals surface area (Å²) in [5.74, 6) is 0.230. The van der Waals surface area contributed by atoms with Gasteiger partial charge in [0, 0.05) is 38.1 Å². The highest BCUT2D eigenvalue weighted by Gasteiger charge is 2.50. The van der Waals surface area contributed by atoms with E-state index in [1.165, 1.54) is 0 Å². The summed E-state index contributed by atoms with van der Waals surface area (Å²) in [6, 6.07) is 9.71. The third-order valence-electron chi connectivity index (χ3n) is 7.67. The Labute approximate surface area is 227 Å². The molecule has 1 fully saturated rings. The third kappa shape index (κ3) is 9.22. The molecule has 0 saturated carbocycles. The first-order chi connectivity index (χ1) is 16.9. The summed E-state index contributed by atoms with van der Waals surface area (Å²) in [4.78, 5) is 28.3. The van der Waals surface area contributed by atoms with Crippen LogP contribution in [0, 0.1) is 11.8 Å². The number of esters is 1. The Morgan fingerprint density at radius 1 is 1.08 bits per heavy atom. The van der Waals surface area contributed by atoms with E-state index in [4.69, 9.17) is 9.16 Å². The zero-order chi connectivity index (χ0) is 28.2. The molecule has 0 bridgehead atoms. The van der Waals surface area contributed by atoms with Crippen LogP contribution in [0.3, 0.4) is 0 Å².